The van der Waals surface area contributed by atoms with E-state index in [-0.39, 0.29) is 30.2 Å². The van der Waals surface area contributed by atoms with E-state index in [4.69, 9.17) is 4.74 Å². The molecule has 0 unspecified atom stereocenters. The zero-order valence-electron chi connectivity index (χ0n) is 15.5. The third kappa shape index (κ3) is 5.46. The molecular formula is C19H29N3O3. The highest BCUT2D eigenvalue weighted by molar-refractivity contribution is 5.90. The Labute approximate surface area is 149 Å². The Bertz CT molecular complexity index is 588. The van der Waals surface area contributed by atoms with Crippen molar-refractivity contribution >= 4 is 17.6 Å². The van der Waals surface area contributed by atoms with Crippen LogP contribution in [0.2, 0.25) is 0 Å². The van der Waals surface area contributed by atoms with Crippen molar-refractivity contribution in [1.29, 1.82) is 0 Å². The van der Waals surface area contributed by atoms with Crippen molar-refractivity contribution in [2.45, 2.75) is 58.8 Å². The Morgan fingerprint density at radius 1 is 1.24 bits per heavy atom. The number of carbonyl (C=O) groups is 2. The molecule has 0 radical (unpaired) electrons. The van der Waals surface area contributed by atoms with Crippen LogP contribution >= 0.6 is 0 Å². The van der Waals surface area contributed by atoms with Crippen LogP contribution in [0.5, 0.6) is 0 Å². The molecule has 1 aliphatic rings. The molecule has 6 heteroatoms. The van der Waals surface area contributed by atoms with Crippen molar-refractivity contribution in [3.8, 4) is 0 Å². The Morgan fingerprint density at radius 3 is 2.52 bits per heavy atom. The van der Waals surface area contributed by atoms with Gasteiger partial charge in [-0.1, -0.05) is 26.0 Å². The first-order chi connectivity index (χ1) is 11.9. The summed E-state index contributed by atoms with van der Waals surface area (Å²) in [6.45, 7) is 9.07. The van der Waals surface area contributed by atoms with Crippen LogP contribution in [-0.4, -0.2) is 42.1 Å². The lowest BCUT2D eigenvalue weighted by atomic mass is 10.1. The molecule has 0 aromatic heterocycles. The van der Waals surface area contributed by atoms with Gasteiger partial charge in [0, 0.05) is 25.2 Å². The normalized spacial score (nSPS) is 21.5. The first-order valence-corrected chi connectivity index (χ1v) is 9.03. The maximum absolute atomic E-state index is 12.5. The minimum Gasteiger partial charge on any atom is -0.372 e. The fourth-order valence-electron chi connectivity index (χ4n) is 2.90. The Kier molecular flexibility index (Phi) is 6.82. The Hall–Kier alpha value is -2.08. The summed E-state index contributed by atoms with van der Waals surface area (Å²) in [6, 6.07) is 7.39. The maximum Gasteiger partial charge on any atom is 0.318 e. The number of rotatable bonds is 5. The van der Waals surface area contributed by atoms with Crippen LogP contribution in [0.4, 0.5) is 10.5 Å². The second-order valence-electron chi connectivity index (χ2n) is 6.58. The molecule has 1 aromatic carbocycles. The summed E-state index contributed by atoms with van der Waals surface area (Å²) in [7, 11) is 0. The molecular weight excluding hydrogens is 318 g/mol. The lowest BCUT2D eigenvalue weighted by Crippen LogP contribution is -2.52. The number of nitrogens with one attached hydrogen (secondary N) is 2. The van der Waals surface area contributed by atoms with Gasteiger partial charge in [-0.3, -0.25) is 4.79 Å². The number of anilines is 1. The number of urea groups is 1. The molecule has 0 spiro atoms. The highest BCUT2D eigenvalue weighted by atomic mass is 16.5. The topological polar surface area (TPSA) is 70.7 Å². The van der Waals surface area contributed by atoms with Gasteiger partial charge in [-0.15, -0.1) is 0 Å². The van der Waals surface area contributed by atoms with Gasteiger partial charge in [0.2, 0.25) is 5.91 Å². The van der Waals surface area contributed by atoms with E-state index in [1.165, 1.54) is 0 Å². The molecule has 1 heterocycles. The SMILES string of the molecule is CCC(=O)Nc1ccc([C@H](C)NC(=O)N2C[C@@H](CC)O[C@@H](C)C2)cc1. The molecule has 0 saturated carbocycles. The van der Waals surface area contributed by atoms with Crippen LogP contribution in [-0.2, 0) is 9.53 Å². The molecule has 1 saturated heterocycles. The number of morpholine rings is 1. The van der Waals surface area contributed by atoms with Crippen molar-refractivity contribution in [1.82, 2.24) is 10.2 Å². The molecule has 2 N–H and O–H groups in total. The van der Waals surface area contributed by atoms with E-state index in [9.17, 15) is 9.59 Å². The number of hydrogen-bond donors (Lipinski definition) is 2. The van der Waals surface area contributed by atoms with Gasteiger partial charge >= 0.3 is 6.03 Å². The summed E-state index contributed by atoms with van der Waals surface area (Å²) in [5, 5.41) is 5.86. The van der Waals surface area contributed by atoms with Crippen molar-refractivity contribution in [3.05, 3.63) is 29.8 Å². The Morgan fingerprint density at radius 2 is 1.92 bits per heavy atom. The van der Waals surface area contributed by atoms with Crippen molar-refractivity contribution in [3.63, 3.8) is 0 Å². The lowest BCUT2D eigenvalue weighted by molar-refractivity contribution is -0.115. The number of ether oxygens (including phenoxy) is 1. The molecule has 6 nitrogen and oxygen atoms in total. The summed E-state index contributed by atoms with van der Waals surface area (Å²) >= 11 is 0. The zero-order chi connectivity index (χ0) is 18.4. The van der Waals surface area contributed by atoms with Crippen LogP contribution in [0, 0.1) is 0 Å². The predicted molar refractivity (Wildman–Crippen MR) is 98.5 cm³/mol. The Balaban J connectivity index is 1.93. The van der Waals surface area contributed by atoms with E-state index < -0.39 is 0 Å². The zero-order valence-corrected chi connectivity index (χ0v) is 15.5. The van der Waals surface area contributed by atoms with Gasteiger partial charge in [0.25, 0.3) is 0 Å². The van der Waals surface area contributed by atoms with Gasteiger partial charge in [-0.2, -0.15) is 0 Å². The molecule has 1 aromatic rings. The summed E-state index contributed by atoms with van der Waals surface area (Å²) in [4.78, 5) is 25.8. The molecule has 0 bridgehead atoms. The second kappa shape index (κ2) is 8.85. The summed E-state index contributed by atoms with van der Waals surface area (Å²) in [5.41, 5.74) is 1.76. The molecule has 138 valence electrons. The monoisotopic (exact) mass is 347 g/mol. The van der Waals surface area contributed by atoms with E-state index in [0.29, 0.717) is 19.5 Å². The van der Waals surface area contributed by atoms with E-state index in [2.05, 4.69) is 17.6 Å². The van der Waals surface area contributed by atoms with Gasteiger partial charge in [0.15, 0.2) is 0 Å². The summed E-state index contributed by atoms with van der Waals surface area (Å²) < 4.78 is 5.80. The fourth-order valence-corrected chi connectivity index (χ4v) is 2.90. The third-order valence-corrected chi connectivity index (χ3v) is 4.42. The van der Waals surface area contributed by atoms with E-state index in [1.54, 1.807) is 0 Å². The molecule has 3 amide bonds. The minimum absolute atomic E-state index is 0.0129. The summed E-state index contributed by atoms with van der Waals surface area (Å²) in [6.07, 6.45) is 1.51. The van der Waals surface area contributed by atoms with Crippen LogP contribution in [0.15, 0.2) is 24.3 Å². The number of benzene rings is 1. The van der Waals surface area contributed by atoms with Crippen molar-refractivity contribution < 1.29 is 14.3 Å². The van der Waals surface area contributed by atoms with Gasteiger partial charge in [0.1, 0.15) is 0 Å². The number of nitrogens with zero attached hydrogens (tertiary/aromatic N) is 1. The van der Waals surface area contributed by atoms with Crippen LogP contribution < -0.4 is 10.6 Å². The molecule has 0 aliphatic carbocycles. The smallest absolute Gasteiger partial charge is 0.318 e. The minimum atomic E-state index is -0.110. The highest BCUT2D eigenvalue weighted by Crippen LogP contribution is 2.18. The molecule has 1 aliphatic heterocycles. The quantitative estimate of drug-likeness (QED) is 0.858. The highest BCUT2D eigenvalue weighted by Gasteiger charge is 2.28. The van der Waals surface area contributed by atoms with E-state index in [0.717, 1.165) is 17.7 Å². The molecule has 2 rings (SSSR count). The third-order valence-electron chi connectivity index (χ3n) is 4.42. The number of hydrogen-bond acceptors (Lipinski definition) is 3. The largest absolute Gasteiger partial charge is 0.372 e. The van der Waals surface area contributed by atoms with Crippen LogP contribution in [0.3, 0.4) is 0 Å². The fraction of sp³-hybridized carbons (Fsp3) is 0.579. The first-order valence-electron chi connectivity index (χ1n) is 9.03. The lowest BCUT2D eigenvalue weighted by Gasteiger charge is -2.37. The first kappa shape index (κ1) is 19.2. The molecule has 3 atom stereocenters. The molecule has 25 heavy (non-hydrogen) atoms. The number of amides is 3. The maximum atomic E-state index is 12.5. The predicted octanol–water partition coefficient (Wildman–Crippen LogP) is 3.31. The average molecular weight is 347 g/mol. The van der Waals surface area contributed by atoms with E-state index >= 15 is 0 Å². The average Bonchev–Trinajstić information content (AvgIpc) is 2.61. The van der Waals surface area contributed by atoms with Crippen LogP contribution in [0.1, 0.15) is 52.1 Å². The molecule has 1 fully saturated rings. The second-order valence-corrected chi connectivity index (χ2v) is 6.58. The van der Waals surface area contributed by atoms with Gasteiger partial charge in [0.05, 0.1) is 18.2 Å². The van der Waals surface area contributed by atoms with Gasteiger partial charge in [-0.05, 0) is 38.0 Å². The van der Waals surface area contributed by atoms with E-state index in [1.807, 2.05) is 49.9 Å². The standard InChI is InChI=1S/C19H29N3O3/c1-5-17-12-22(11-13(3)25-17)19(24)20-14(4)15-7-9-16(10-8-15)21-18(23)6-2/h7-10,13-14,17H,5-6,11-12H2,1-4H3,(H,20,24)(H,21,23)/t13-,14-,17+/m0/s1. The van der Waals surface area contributed by atoms with Gasteiger partial charge in [-0.25, -0.2) is 4.79 Å². The van der Waals surface area contributed by atoms with Crippen molar-refractivity contribution in [2.75, 3.05) is 18.4 Å². The summed E-state index contributed by atoms with van der Waals surface area (Å²) in [5.74, 6) is -0.0129. The number of carbonyl (C=O) groups excluding carboxylic acids is 2. The van der Waals surface area contributed by atoms with Gasteiger partial charge < -0.3 is 20.3 Å². The van der Waals surface area contributed by atoms with Crippen LogP contribution in [0.25, 0.3) is 0 Å². The van der Waals surface area contributed by atoms with Crippen molar-refractivity contribution in [2.24, 2.45) is 0 Å².